The standard InChI is InChI=1S/C18H24BrNO/c19-16-8-3-7-15(13-16)18(21)10-12-20-11-4-9-17(20)14-5-1-2-6-14/h3,7-8,13-14,17H,1-2,4-6,9-12H2. The van der Waals surface area contributed by atoms with E-state index in [0.717, 1.165) is 28.5 Å². The lowest BCUT2D eigenvalue weighted by Crippen LogP contribution is -2.36. The van der Waals surface area contributed by atoms with Gasteiger partial charge in [-0.2, -0.15) is 0 Å². The molecular formula is C18H24BrNO. The Morgan fingerprint density at radius 3 is 2.76 bits per heavy atom. The summed E-state index contributed by atoms with van der Waals surface area (Å²) in [6.07, 6.45) is 8.93. The number of nitrogens with zero attached hydrogens (tertiary/aromatic N) is 1. The number of benzene rings is 1. The Morgan fingerprint density at radius 1 is 1.19 bits per heavy atom. The molecule has 1 saturated carbocycles. The molecule has 2 nitrogen and oxygen atoms in total. The molecule has 0 N–H and O–H groups in total. The molecule has 3 rings (SSSR count). The van der Waals surface area contributed by atoms with Crippen molar-refractivity contribution in [2.24, 2.45) is 5.92 Å². The molecule has 0 spiro atoms. The van der Waals surface area contributed by atoms with E-state index in [1.165, 1.54) is 45.1 Å². The second kappa shape index (κ2) is 7.06. The third kappa shape index (κ3) is 3.75. The molecule has 1 aliphatic carbocycles. The SMILES string of the molecule is O=C(CCN1CCCC1C1CCCC1)c1cccc(Br)c1. The van der Waals surface area contributed by atoms with Gasteiger partial charge < -0.3 is 0 Å². The summed E-state index contributed by atoms with van der Waals surface area (Å²) in [6.45, 7) is 2.12. The lowest BCUT2D eigenvalue weighted by molar-refractivity contribution is 0.0951. The zero-order valence-corrected chi connectivity index (χ0v) is 14.1. The smallest absolute Gasteiger partial charge is 0.164 e. The summed E-state index contributed by atoms with van der Waals surface area (Å²) in [5.41, 5.74) is 0.834. The normalized spacial score (nSPS) is 23.8. The van der Waals surface area contributed by atoms with Crippen LogP contribution in [0.3, 0.4) is 0 Å². The first kappa shape index (κ1) is 15.2. The Labute approximate surface area is 136 Å². The molecule has 1 unspecified atom stereocenters. The van der Waals surface area contributed by atoms with Crippen LogP contribution in [-0.2, 0) is 0 Å². The second-order valence-electron chi connectivity index (χ2n) is 6.47. The summed E-state index contributed by atoms with van der Waals surface area (Å²) < 4.78 is 0.985. The third-order valence-corrected chi connectivity index (χ3v) is 5.62. The van der Waals surface area contributed by atoms with Crippen LogP contribution >= 0.6 is 15.9 Å². The van der Waals surface area contributed by atoms with E-state index in [-0.39, 0.29) is 5.78 Å². The minimum Gasteiger partial charge on any atom is -0.300 e. The van der Waals surface area contributed by atoms with Crippen molar-refractivity contribution < 1.29 is 4.79 Å². The molecule has 0 bridgehead atoms. The largest absolute Gasteiger partial charge is 0.300 e. The summed E-state index contributed by atoms with van der Waals surface area (Å²) in [5.74, 6) is 1.17. The fraction of sp³-hybridized carbons (Fsp3) is 0.611. The highest BCUT2D eigenvalue weighted by molar-refractivity contribution is 9.10. The average Bonchev–Trinajstić information content (AvgIpc) is 3.15. The van der Waals surface area contributed by atoms with Gasteiger partial charge in [0, 0.05) is 29.0 Å². The van der Waals surface area contributed by atoms with Gasteiger partial charge in [0.05, 0.1) is 0 Å². The Balaban J connectivity index is 1.55. The van der Waals surface area contributed by atoms with Gasteiger partial charge in [0.25, 0.3) is 0 Å². The average molecular weight is 350 g/mol. The first-order valence-corrected chi connectivity index (χ1v) is 9.06. The summed E-state index contributed by atoms with van der Waals surface area (Å²) in [5, 5.41) is 0. The van der Waals surface area contributed by atoms with Gasteiger partial charge in [-0.25, -0.2) is 0 Å². The number of hydrogen-bond acceptors (Lipinski definition) is 2. The first-order chi connectivity index (χ1) is 10.2. The fourth-order valence-electron chi connectivity index (χ4n) is 4.06. The number of likely N-dealkylation sites (tertiary alicyclic amines) is 1. The molecule has 1 aliphatic heterocycles. The number of carbonyl (C=O) groups is 1. The molecule has 0 amide bonds. The van der Waals surface area contributed by atoms with Crippen molar-refractivity contribution in [3.63, 3.8) is 0 Å². The number of halogens is 1. The lowest BCUT2D eigenvalue weighted by Gasteiger charge is -2.29. The molecular weight excluding hydrogens is 326 g/mol. The number of carbonyl (C=O) groups excluding carboxylic acids is 1. The molecule has 1 aromatic carbocycles. The number of hydrogen-bond donors (Lipinski definition) is 0. The van der Waals surface area contributed by atoms with Crippen LogP contribution in [0.4, 0.5) is 0 Å². The van der Waals surface area contributed by atoms with Crippen LogP contribution in [0.25, 0.3) is 0 Å². The number of ketones is 1. The van der Waals surface area contributed by atoms with E-state index >= 15 is 0 Å². The van der Waals surface area contributed by atoms with E-state index in [4.69, 9.17) is 0 Å². The van der Waals surface area contributed by atoms with Crippen molar-refractivity contribution >= 4 is 21.7 Å². The van der Waals surface area contributed by atoms with Gasteiger partial charge in [-0.15, -0.1) is 0 Å². The van der Waals surface area contributed by atoms with E-state index in [2.05, 4.69) is 20.8 Å². The molecule has 3 heteroatoms. The van der Waals surface area contributed by atoms with E-state index in [9.17, 15) is 4.79 Å². The van der Waals surface area contributed by atoms with Crippen LogP contribution in [-0.4, -0.2) is 29.8 Å². The molecule has 2 aliphatic rings. The summed E-state index contributed by atoms with van der Waals surface area (Å²) >= 11 is 3.44. The molecule has 0 aromatic heterocycles. The van der Waals surface area contributed by atoms with Crippen LogP contribution in [0.15, 0.2) is 28.7 Å². The van der Waals surface area contributed by atoms with Crippen molar-refractivity contribution in [1.29, 1.82) is 0 Å². The number of rotatable bonds is 5. The first-order valence-electron chi connectivity index (χ1n) is 8.27. The van der Waals surface area contributed by atoms with Gasteiger partial charge in [-0.1, -0.05) is 40.9 Å². The summed E-state index contributed by atoms with van der Waals surface area (Å²) in [4.78, 5) is 14.9. The van der Waals surface area contributed by atoms with Crippen LogP contribution in [0.2, 0.25) is 0 Å². The predicted molar refractivity (Wildman–Crippen MR) is 89.6 cm³/mol. The van der Waals surface area contributed by atoms with Gasteiger partial charge in [0.2, 0.25) is 0 Å². The highest BCUT2D eigenvalue weighted by Crippen LogP contribution is 2.35. The Morgan fingerprint density at radius 2 is 2.00 bits per heavy atom. The predicted octanol–water partition coefficient (Wildman–Crippen LogP) is 4.68. The molecule has 1 atom stereocenters. The zero-order valence-electron chi connectivity index (χ0n) is 12.6. The van der Waals surface area contributed by atoms with Crippen molar-refractivity contribution in [3.05, 3.63) is 34.3 Å². The maximum atomic E-state index is 12.3. The summed E-state index contributed by atoms with van der Waals surface area (Å²) in [6, 6.07) is 8.51. The van der Waals surface area contributed by atoms with E-state index < -0.39 is 0 Å². The zero-order chi connectivity index (χ0) is 14.7. The second-order valence-corrected chi connectivity index (χ2v) is 7.39. The van der Waals surface area contributed by atoms with E-state index in [1.807, 2.05) is 24.3 Å². The van der Waals surface area contributed by atoms with Crippen molar-refractivity contribution in [2.45, 2.75) is 51.0 Å². The molecule has 2 fully saturated rings. The van der Waals surface area contributed by atoms with Crippen LogP contribution in [0.5, 0.6) is 0 Å². The number of Topliss-reactive ketones (excluding diaryl/α,β-unsaturated/α-hetero) is 1. The quantitative estimate of drug-likeness (QED) is 0.719. The molecule has 0 radical (unpaired) electrons. The van der Waals surface area contributed by atoms with Gasteiger partial charge in [-0.05, 0) is 50.3 Å². The van der Waals surface area contributed by atoms with Crippen LogP contribution in [0.1, 0.15) is 55.3 Å². The lowest BCUT2D eigenvalue weighted by atomic mass is 9.96. The fourth-order valence-corrected chi connectivity index (χ4v) is 4.46. The Kier molecular flexibility index (Phi) is 5.12. The van der Waals surface area contributed by atoms with Gasteiger partial charge >= 0.3 is 0 Å². The molecule has 1 heterocycles. The van der Waals surface area contributed by atoms with Crippen LogP contribution in [0, 0.1) is 5.92 Å². The third-order valence-electron chi connectivity index (χ3n) is 5.13. The molecule has 21 heavy (non-hydrogen) atoms. The maximum absolute atomic E-state index is 12.3. The van der Waals surface area contributed by atoms with Crippen molar-refractivity contribution in [3.8, 4) is 0 Å². The van der Waals surface area contributed by atoms with Gasteiger partial charge in [0.15, 0.2) is 5.78 Å². The molecule has 1 aromatic rings. The molecule has 114 valence electrons. The minimum absolute atomic E-state index is 0.272. The highest BCUT2D eigenvalue weighted by Gasteiger charge is 2.33. The highest BCUT2D eigenvalue weighted by atomic mass is 79.9. The van der Waals surface area contributed by atoms with E-state index in [1.54, 1.807) is 0 Å². The van der Waals surface area contributed by atoms with Crippen molar-refractivity contribution in [1.82, 2.24) is 4.90 Å². The summed E-state index contributed by atoms with van der Waals surface area (Å²) in [7, 11) is 0. The Bertz CT molecular complexity index is 496. The topological polar surface area (TPSA) is 20.3 Å². The maximum Gasteiger partial charge on any atom is 0.164 e. The minimum atomic E-state index is 0.272. The van der Waals surface area contributed by atoms with Crippen molar-refractivity contribution in [2.75, 3.05) is 13.1 Å². The van der Waals surface area contributed by atoms with E-state index in [0.29, 0.717) is 6.42 Å². The molecule has 1 saturated heterocycles. The van der Waals surface area contributed by atoms with Crippen LogP contribution < -0.4 is 0 Å². The monoisotopic (exact) mass is 349 g/mol. The van der Waals surface area contributed by atoms with Gasteiger partial charge in [0.1, 0.15) is 0 Å². The Hall–Kier alpha value is -0.670. The van der Waals surface area contributed by atoms with Gasteiger partial charge in [-0.3, -0.25) is 9.69 Å².